The van der Waals surface area contributed by atoms with Crippen molar-refractivity contribution in [2.75, 3.05) is 0 Å². The first kappa shape index (κ1) is 26.3. The first-order valence-corrected chi connectivity index (χ1v) is 13.6. The summed E-state index contributed by atoms with van der Waals surface area (Å²) in [6, 6.07) is 28.2. The molecule has 0 saturated carbocycles. The molecule has 4 aromatic carbocycles. The van der Waals surface area contributed by atoms with Crippen molar-refractivity contribution in [3.8, 4) is 0 Å². The molecule has 198 valence electrons. The van der Waals surface area contributed by atoms with E-state index in [1.807, 2.05) is 0 Å². The molecule has 39 heavy (non-hydrogen) atoms. The first-order chi connectivity index (χ1) is 18.7. The Labute approximate surface area is 225 Å². The molecular formula is C30H25FN2O5S. The summed E-state index contributed by atoms with van der Waals surface area (Å²) in [5.74, 6) is -2.26. The van der Waals surface area contributed by atoms with Crippen LogP contribution in [0.5, 0.6) is 0 Å². The Kier molecular flexibility index (Phi) is 7.03. The lowest BCUT2D eigenvalue weighted by molar-refractivity contribution is -0.138. The summed E-state index contributed by atoms with van der Waals surface area (Å²) in [7, 11) is -4.49. The molecule has 9 heteroatoms. The number of benzene rings is 4. The fraction of sp³-hybridized carbons (Fsp3) is 0.133. The van der Waals surface area contributed by atoms with Gasteiger partial charge in [-0.1, -0.05) is 78.4 Å². The highest BCUT2D eigenvalue weighted by Gasteiger charge is 2.59. The van der Waals surface area contributed by atoms with Gasteiger partial charge in [0.15, 0.2) is 6.23 Å². The highest BCUT2D eigenvalue weighted by molar-refractivity contribution is 7.89. The number of nitrogens with zero attached hydrogens (tertiary/aromatic N) is 1. The summed E-state index contributed by atoms with van der Waals surface area (Å²) in [6.07, 6.45) is -1.71. The van der Waals surface area contributed by atoms with Gasteiger partial charge in [0.1, 0.15) is 5.82 Å². The third-order valence-electron chi connectivity index (χ3n) is 6.43. The van der Waals surface area contributed by atoms with Gasteiger partial charge < -0.3 is 10.1 Å². The molecule has 4 aromatic rings. The Hall–Kier alpha value is -4.34. The number of amides is 2. The first-order valence-electron chi connectivity index (χ1n) is 12.2. The monoisotopic (exact) mass is 544 g/mol. The van der Waals surface area contributed by atoms with Crippen molar-refractivity contribution >= 4 is 21.8 Å². The van der Waals surface area contributed by atoms with Crippen LogP contribution in [0.1, 0.15) is 33.3 Å². The number of aryl methyl sites for hydroxylation is 1. The van der Waals surface area contributed by atoms with Crippen LogP contribution in [0.25, 0.3) is 0 Å². The van der Waals surface area contributed by atoms with E-state index in [1.54, 1.807) is 79.7 Å². The molecule has 1 aliphatic heterocycles. The second kappa shape index (κ2) is 10.4. The Morgan fingerprint density at radius 3 is 2.21 bits per heavy atom. The summed E-state index contributed by atoms with van der Waals surface area (Å²) in [5.41, 5.74) is -0.311. The van der Waals surface area contributed by atoms with Gasteiger partial charge in [-0.05, 0) is 48.9 Å². The van der Waals surface area contributed by atoms with Gasteiger partial charge in [-0.15, -0.1) is 0 Å². The molecule has 0 radical (unpaired) electrons. The molecule has 0 bridgehead atoms. The van der Waals surface area contributed by atoms with Crippen LogP contribution in [0.15, 0.2) is 114 Å². The van der Waals surface area contributed by atoms with E-state index in [2.05, 4.69) is 5.32 Å². The molecular weight excluding hydrogens is 519 g/mol. The average Bonchev–Trinajstić information content (AvgIpc) is 3.22. The lowest BCUT2D eigenvalue weighted by Gasteiger charge is -2.27. The number of hydrogen-bond acceptors (Lipinski definition) is 5. The minimum atomic E-state index is -4.49. The molecule has 2 amide bonds. The summed E-state index contributed by atoms with van der Waals surface area (Å²) in [6.45, 7) is 1.81. The van der Waals surface area contributed by atoms with E-state index in [4.69, 9.17) is 4.74 Å². The lowest BCUT2D eigenvalue weighted by Crippen LogP contribution is -2.57. The Morgan fingerprint density at radius 1 is 0.923 bits per heavy atom. The van der Waals surface area contributed by atoms with Crippen LogP contribution < -0.4 is 5.32 Å². The standard InChI is InChI=1S/C30H25FN2O5S/c1-21-15-17-26(18-16-21)39(36,37)33-28(24-13-8-14-25(31)19-24)38-30(29(33)35,20-22-9-4-2-5-10-22)32-27(34)23-11-6-3-7-12-23/h2-19,28H,20H2,1H3,(H,32,34). The van der Waals surface area contributed by atoms with E-state index in [0.29, 0.717) is 9.87 Å². The Balaban J connectivity index is 1.66. The topological polar surface area (TPSA) is 92.8 Å². The predicted octanol–water partition coefficient (Wildman–Crippen LogP) is 4.75. The molecule has 7 nitrogen and oxygen atoms in total. The third-order valence-corrected chi connectivity index (χ3v) is 8.17. The van der Waals surface area contributed by atoms with Crippen LogP contribution in [-0.4, -0.2) is 30.3 Å². The van der Waals surface area contributed by atoms with Gasteiger partial charge in [-0.2, -0.15) is 4.31 Å². The van der Waals surface area contributed by atoms with Crippen molar-refractivity contribution in [1.29, 1.82) is 0 Å². The van der Waals surface area contributed by atoms with Gasteiger partial charge >= 0.3 is 0 Å². The fourth-order valence-corrected chi connectivity index (χ4v) is 5.96. The number of hydrogen-bond donors (Lipinski definition) is 1. The summed E-state index contributed by atoms with van der Waals surface area (Å²) < 4.78 is 49.0. The maximum atomic E-state index is 14.3. The summed E-state index contributed by atoms with van der Waals surface area (Å²) in [4.78, 5) is 27.5. The quantitative estimate of drug-likeness (QED) is 0.363. The second-order valence-electron chi connectivity index (χ2n) is 9.25. The van der Waals surface area contributed by atoms with Crippen LogP contribution in [-0.2, 0) is 26.0 Å². The Bertz CT molecular complexity index is 1610. The molecule has 1 saturated heterocycles. The van der Waals surface area contributed by atoms with Crippen LogP contribution in [0.3, 0.4) is 0 Å². The van der Waals surface area contributed by atoms with Crippen LogP contribution >= 0.6 is 0 Å². The highest BCUT2D eigenvalue weighted by Crippen LogP contribution is 2.42. The fourth-order valence-electron chi connectivity index (χ4n) is 4.47. The van der Waals surface area contributed by atoms with Crippen molar-refractivity contribution in [3.05, 3.63) is 137 Å². The minimum Gasteiger partial charge on any atom is -0.317 e. The zero-order chi connectivity index (χ0) is 27.6. The van der Waals surface area contributed by atoms with Gasteiger partial charge in [0, 0.05) is 17.5 Å². The number of ether oxygens (including phenoxy) is 1. The second-order valence-corrected chi connectivity index (χ2v) is 11.1. The van der Waals surface area contributed by atoms with Crippen molar-refractivity contribution in [3.63, 3.8) is 0 Å². The SMILES string of the molecule is Cc1ccc(S(=O)(=O)N2C(=O)C(Cc3ccccc3)(NC(=O)c3ccccc3)OC2c2cccc(F)c2)cc1. The molecule has 0 aromatic heterocycles. The number of rotatable bonds is 7. The number of carbonyl (C=O) groups excluding carboxylic acids is 2. The molecule has 0 spiro atoms. The van der Waals surface area contributed by atoms with Gasteiger partial charge in [0.2, 0.25) is 5.72 Å². The number of halogens is 1. The molecule has 1 fully saturated rings. The van der Waals surface area contributed by atoms with Crippen molar-refractivity contribution in [2.45, 2.75) is 30.2 Å². The van der Waals surface area contributed by atoms with E-state index >= 15 is 0 Å². The third kappa shape index (κ3) is 5.19. The van der Waals surface area contributed by atoms with Gasteiger partial charge in [-0.25, -0.2) is 12.8 Å². The van der Waals surface area contributed by atoms with Crippen molar-refractivity contribution in [1.82, 2.24) is 9.62 Å². The van der Waals surface area contributed by atoms with Crippen molar-refractivity contribution < 1.29 is 27.1 Å². The van der Waals surface area contributed by atoms with E-state index in [9.17, 15) is 22.4 Å². The maximum absolute atomic E-state index is 14.3. The van der Waals surface area contributed by atoms with Crippen LogP contribution in [0.4, 0.5) is 4.39 Å². The van der Waals surface area contributed by atoms with E-state index in [1.165, 1.54) is 30.3 Å². The van der Waals surface area contributed by atoms with Crippen LogP contribution in [0.2, 0.25) is 0 Å². The molecule has 1 aliphatic rings. The molecule has 0 aliphatic carbocycles. The summed E-state index contributed by atoms with van der Waals surface area (Å²) in [5, 5.41) is 2.67. The molecule has 2 atom stereocenters. The van der Waals surface area contributed by atoms with Crippen molar-refractivity contribution in [2.24, 2.45) is 0 Å². The number of nitrogens with one attached hydrogen (secondary N) is 1. The van der Waals surface area contributed by atoms with E-state index in [-0.39, 0.29) is 22.4 Å². The number of sulfonamides is 1. The largest absolute Gasteiger partial charge is 0.317 e. The maximum Gasteiger partial charge on any atom is 0.292 e. The molecule has 1 heterocycles. The Morgan fingerprint density at radius 2 is 1.56 bits per heavy atom. The van der Waals surface area contributed by atoms with Gasteiger partial charge in [-0.3, -0.25) is 9.59 Å². The minimum absolute atomic E-state index is 0.0999. The predicted molar refractivity (Wildman–Crippen MR) is 142 cm³/mol. The molecule has 5 rings (SSSR count). The zero-order valence-electron chi connectivity index (χ0n) is 21.0. The molecule has 2 unspecified atom stereocenters. The van der Waals surface area contributed by atoms with E-state index in [0.717, 1.165) is 11.6 Å². The number of carbonyl (C=O) groups is 2. The van der Waals surface area contributed by atoms with E-state index < -0.39 is 39.6 Å². The molecule has 1 N–H and O–H groups in total. The highest BCUT2D eigenvalue weighted by atomic mass is 32.2. The smallest absolute Gasteiger partial charge is 0.292 e. The average molecular weight is 545 g/mol. The normalized spacial score (nSPS) is 19.2. The van der Waals surface area contributed by atoms with Gasteiger partial charge in [0.05, 0.1) is 4.90 Å². The van der Waals surface area contributed by atoms with Crippen LogP contribution in [0, 0.1) is 12.7 Å². The zero-order valence-corrected chi connectivity index (χ0v) is 21.8. The lowest BCUT2D eigenvalue weighted by atomic mass is 10.0. The summed E-state index contributed by atoms with van der Waals surface area (Å²) >= 11 is 0. The van der Waals surface area contributed by atoms with Gasteiger partial charge in [0.25, 0.3) is 21.8 Å².